The molecule has 0 saturated heterocycles. The number of ether oxygens (including phenoxy) is 2. The van der Waals surface area contributed by atoms with Gasteiger partial charge in [0.25, 0.3) is 0 Å². The van der Waals surface area contributed by atoms with Crippen molar-refractivity contribution in [1.29, 1.82) is 0 Å². The second-order valence-electron chi connectivity index (χ2n) is 6.05. The average Bonchev–Trinajstić information content (AvgIpc) is 2.61. The van der Waals surface area contributed by atoms with Gasteiger partial charge in [0, 0.05) is 5.69 Å². The maximum atomic E-state index is 5.49. The van der Waals surface area contributed by atoms with Crippen molar-refractivity contribution in [2.75, 3.05) is 19.0 Å². The zero-order valence-electron chi connectivity index (χ0n) is 15.2. The second kappa shape index (κ2) is 9.28. The van der Waals surface area contributed by atoms with Gasteiger partial charge >= 0.3 is 0 Å². The van der Waals surface area contributed by atoms with Crippen LogP contribution in [0.3, 0.4) is 0 Å². The number of hydrogen-bond acceptors (Lipinski definition) is 3. The summed E-state index contributed by atoms with van der Waals surface area (Å²) in [7, 11) is 1.67. The Balaban J connectivity index is 2.01. The molecule has 0 spiro atoms. The molecule has 0 aliphatic heterocycles. The maximum Gasteiger partial charge on any atom is 0.171 e. The third-order valence-corrected chi connectivity index (χ3v) is 4.07. The van der Waals surface area contributed by atoms with Gasteiger partial charge in [-0.15, -0.1) is 0 Å². The molecular formula is C20H26N2O2S. The average molecular weight is 359 g/mol. The van der Waals surface area contributed by atoms with Crippen molar-refractivity contribution in [2.45, 2.75) is 26.8 Å². The molecular weight excluding hydrogens is 332 g/mol. The van der Waals surface area contributed by atoms with Gasteiger partial charge < -0.3 is 20.1 Å². The summed E-state index contributed by atoms with van der Waals surface area (Å²) in [6.07, 6.45) is 0. The molecule has 0 unspecified atom stereocenters. The molecule has 0 aliphatic carbocycles. The third kappa shape index (κ3) is 5.64. The van der Waals surface area contributed by atoms with Crippen molar-refractivity contribution in [1.82, 2.24) is 5.32 Å². The molecule has 0 aromatic heterocycles. The summed E-state index contributed by atoms with van der Waals surface area (Å²) in [4.78, 5) is 0. The molecule has 0 heterocycles. The normalized spacial score (nSPS) is 11.7. The number of anilines is 1. The van der Waals surface area contributed by atoms with E-state index in [9.17, 15) is 0 Å². The molecule has 2 rings (SSSR count). The monoisotopic (exact) mass is 358 g/mol. The zero-order valence-corrected chi connectivity index (χ0v) is 16.0. The van der Waals surface area contributed by atoms with Crippen LogP contribution in [0.2, 0.25) is 0 Å². The molecule has 4 nitrogen and oxygen atoms in total. The van der Waals surface area contributed by atoms with E-state index in [4.69, 9.17) is 21.7 Å². The van der Waals surface area contributed by atoms with Gasteiger partial charge in [-0.2, -0.15) is 0 Å². The standard InChI is InChI=1S/C20H26N2O2S/c1-5-24-18-12-8-16(9-13-18)21-20(25)22-19(14(2)3)15-6-10-17(23-4)11-7-15/h6-14,19H,5H2,1-4H3,(H2,21,22,25)/t19-/m1/s1. The number of benzene rings is 2. The molecule has 0 amide bonds. The predicted molar refractivity (Wildman–Crippen MR) is 108 cm³/mol. The summed E-state index contributed by atoms with van der Waals surface area (Å²) in [6.45, 7) is 6.96. The van der Waals surface area contributed by atoms with Crippen LogP contribution in [-0.4, -0.2) is 18.8 Å². The van der Waals surface area contributed by atoms with Crippen molar-refractivity contribution in [3.05, 3.63) is 54.1 Å². The smallest absolute Gasteiger partial charge is 0.171 e. The molecule has 1 atom stereocenters. The first-order valence-corrected chi connectivity index (χ1v) is 8.88. The summed E-state index contributed by atoms with van der Waals surface area (Å²) in [5.74, 6) is 2.08. The molecule has 0 bridgehead atoms. The van der Waals surface area contributed by atoms with Crippen LogP contribution in [0, 0.1) is 5.92 Å². The van der Waals surface area contributed by atoms with Gasteiger partial charge in [-0.05, 0) is 67.0 Å². The van der Waals surface area contributed by atoms with E-state index in [1.165, 1.54) is 5.56 Å². The summed E-state index contributed by atoms with van der Waals surface area (Å²) in [6, 6.07) is 16.0. The van der Waals surface area contributed by atoms with Crippen LogP contribution in [0.4, 0.5) is 5.69 Å². The van der Waals surface area contributed by atoms with Crippen molar-refractivity contribution in [3.63, 3.8) is 0 Å². The fourth-order valence-corrected chi connectivity index (χ4v) is 2.80. The number of rotatable bonds is 7. The summed E-state index contributed by atoms with van der Waals surface area (Å²) in [5.41, 5.74) is 2.10. The minimum Gasteiger partial charge on any atom is -0.497 e. The van der Waals surface area contributed by atoms with Crippen LogP contribution < -0.4 is 20.1 Å². The molecule has 0 aliphatic rings. The van der Waals surface area contributed by atoms with Crippen LogP contribution in [-0.2, 0) is 0 Å². The Kier molecular flexibility index (Phi) is 7.07. The van der Waals surface area contributed by atoms with E-state index in [2.05, 4.69) is 36.6 Å². The van der Waals surface area contributed by atoms with Gasteiger partial charge in [0.15, 0.2) is 5.11 Å². The SMILES string of the molecule is CCOc1ccc(NC(=S)N[C@@H](c2ccc(OC)cc2)C(C)C)cc1. The number of nitrogens with one attached hydrogen (secondary N) is 2. The van der Waals surface area contributed by atoms with Crippen LogP contribution in [0.1, 0.15) is 32.4 Å². The third-order valence-electron chi connectivity index (χ3n) is 3.85. The van der Waals surface area contributed by atoms with Gasteiger partial charge in [0.1, 0.15) is 11.5 Å². The van der Waals surface area contributed by atoms with E-state index in [1.54, 1.807) is 7.11 Å². The Morgan fingerprint density at radius 3 is 2.12 bits per heavy atom. The maximum absolute atomic E-state index is 5.49. The molecule has 5 heteroatoms. The minimum atomic E-state index is 0.119. The summed E-state index contributed by atoms with van der Waals surface area (Å²) < 4.78 is 10.7. The number of thiocarbonyl (C=S) groups is 1. The molecule has 2 aromatic carbocycles. The quantitative estimate of drug-likeness (QED) is 0.698. The largest absolute Gasteiger partial charge is 0.497 e. The van der Waals surface area contributed by atoms with Crippen LogP contribution in [0.5, 0.6) is 11.5 Å². The van der Waals surface area contributed by atoms with Crippen molar-refractivity contribution < 1.29 is 9.47 Å². The van der Waals surface area contributed by atoms with E-state index < -0.39 is 0 Å². The Hall–Kier alpha value is -2.27. The fourth-order valence-electron chi connectivity index (χ4n) is 2.56. The van der Waals surface area contributed by atoms with Crippen LogP contribution >= 0.6 is 12.2 Å². The van der Waals surface area contributed by atoms with Crippen molar-refractivity contribution in [2.24, 2.45) is 5.92 Å². The lowest BCUT2D eigenvalue weighted by Gasteiger charge is -2.25. The van der Waals surface area contributed by atoms with Crippen molar-refractivity contribution >= 4 is 23.0 Å². The molecule has 25 heavy (non-hydrogen) atoms. The highest BCUT2D eigenvalue weighted by molar-refractivity contribution is 7.80. The first kappa shape index (κ1) is 19.1. The Morgan fingerprint density at radius 1 is 1.00 bits per heavy atom. The van der Waals surface area contributed by atoms with Crippen LogP contribution in [0.25, 0.3) is 0 Å². The minimum absolute atomic E-state index is 0.119. The van der Waals surface area contributed by atoms with E-state index >= 15 is 0 Å². The highest BCUT2D eigenvalue weighted by atomic mass is 32.1. The van der Waals surface area contributed by atoms with Crippen LogP contribution in [0.15, 0.2) is 48.5 Å². The van der Waals surface area contributed by atoms with E-state index in [0.29, 0.717) is 17.6 Å². The molecule has 0 fully saturated rings. The molecule has 2 N–H and O–H groups in total. The van der Waals surface area contributed by atoms with E-state index in [0.717, 1.165) is 17.2 Å². The summed E-state index contributed by atoms with van der Waals surface area (Å²) in [5, 5.41) is 7.23. The Bertz CT molecular complexity index is 669. The molecule has 0 saturated carbocycles. The topological polar surface area (TPSA) is 42.5 Å². The number of hydrogen-bond donors (Lipinski definition) is 2. The number of methoxy groups -OCH3 is 1. The lowest BCUT2D eigenvalue weighted by Crippen LogP contribution is -2.34. The zero-order chi connectivity index (χ0) is 18.2. The van der Waals surface area contributed by atoms with Gasteiger partial charge in [-0.3, -0.25) is 0 Å². The van der Waals surface area contributed by atoms with E-state index in [1.807, 2.05) is 43.3 Å². The highest BCUT2D eigenvalue weighted by Gasteiger charge is 2.17. The predicted octanol–water partition coefficient (Wildman–Crippen LogP) is 4.78. The lowest BCUT2D eigenvalue weighted by molar-refractivity contribution is 0.340. The highest BCUT2D eigenvalue weighted by Crippen LogP contribution is 2.24. The molecule has 134 valence electrons. The molecule has 2 aromatic rings. The van der Waals surface area contributed by atoms with Gasteiger partial charge in [-0.25, -0.2) is 0 Å². The first-order valence-electron chi connectivity index (χ1n) is 8.47. The molecule has 0 radical (unpaired) electrons. The Morgan fingerprint density at radius 2 is 1.60 bits per heavy atom. The lowest BCUT2D eigenvalue weighted by atomic mass is 9.96. The van der Waals surface area contributed by atoms with Gasteiger partial charge in [0.05, 0.1) is 19.8 Å². The second-order valence-corrected chi connectivity index (χ2v) is 6.46. The van der Waals surface area contributed by atoms with Crippen molar-refractivity contribution in [3.8, 4) is 11.5 Å². The van der Waals surface area contributed by atoms with Gasteiger partial charge in [-0.1, -0.05) is 26.0 Å². The first-order chi connectivity index (χ1) is 12.0. The fraction of sp³-hybridized carbons (Fsp3) is 0.350. The van der Waals surface area contributed by atoms with Gasteiger partial charge in [0.2, 0.25) is 0 Å². The van der Waals surface area contributed by atoms with E-state index in [-0.39, 0.29) is 6.04 Å². The summed E-state index contributed by atoms with van der Waals surface area (Å²) >= 11 is 5.49. The Labute approximate surface area is 155 Å².